The molecule has 0 aliphatic heterocycles. The van der Waals surface area contributed by atoms with Crippen LogP contribution in [-0.4, -0.2) is 25.4 Å². The third kappa shape index (κ3) is 1.93. The highest BCUT2D eigenvalue weighted by Gasteiger charge is 2.21. The third-order valence-corrected chi connectivity index (χ3v) is 3.46. The first-order valence-corrected chi connectivity index (χ1v) is 6.31. The summed E-state index contributed by atoms with van der Waals surface area (Å²) >= 11 is 0. The van der Waals surface area contributed by atoms with Crippen molar-refractivity contribution in [1.29, 1.82) is 5.41 Å². The van der Waals surface area contributed by atoms with Crippen LogP contribution in [0.1, 0.15) is 35.1 Å². The van der Waals surface area contributed by atoms with Gasteiger partial charge in [0.2, 0.25) is 0 Å². The van der Waals surface area contributed by atoms with Crippen LogP contribution in [0.25, 0.3) is 5.82 Å². The number of aromatic nitrogens is 4. The van der Waals surface area contributed by atoms with E-state index in [1.54, 1.807) is 4.68 Å². The third-order valence-electron chi connectivity index (χ3n) is 3.46. The molecule has 0 aliphatic carbocycles. The first-order valence-electron chi connectivity index (χ1n) is 6.31. The van der Waals surface area contributed by atoms with Gasteiger partial charge in [0.1, 0.15) is 5.84 Å². The van der Waals surface area contributed by atoms with E-state index in [0.717, 1.165) is 29.3 Å². The Hall–Kier alpha value is -2.11. The maximum Gasteiger partial charge on any atom is 0.163 e. The predicted molar refractivity (Wildman–Crippen MR) is 74.9 cm³/mol. The molecule has 0 atom stereocenters. The fourth-order valence-electron chi connectivity index (χ4n) is 2.60. The molecule has 0 radical (unpaired) electrons. The SMILES string of the molecule is CCc1c(C)nn(-c2c(C(=N)N)c(C)nn2C)c1C. The summed E-state index contributed by atoms with van der Waals surface area (Å²) < 4.78 is 3.57. The molecular formula is C13H20N6. The molecule has 0 unspecified atom stereocenters. The van der Waals surface area contributed by atoms with E-state index in [-0.39, 0.29) is 5.84 Å². The van der Waals surface area contributed by atoms with Crippen molar-refractivity contribution in [2.24, 2.45) is 12.8 Å². The molecule has 2 aromatic rings. The molecule has 19 heavy (non-hydrogen) atoms. The smallest absolute Gasteiger partial charge is 0.163 e. The zero-order valence-corrected chi connectivity index (χ0v) is 12.1. The highest BCUT2D eigenvalue weighted by Crippen LogP contribution is 2.22. The van der Waals surface area contributed by atoms with Crippen LogP contribution in [-0.2, 0) is 13.5 Å². The summed E-state index contributed by atoms with van der Waals surface area (Å²) in [6.45, 7) is 8.00. The van der Waals surface area contributed by atoms with Gasteiger partial charge in [-0.15, -0.1) is 0 Å². The van der Waals surface area contributed by atoms with Gasteiger partial charge in [0, 0.05) is 12.7 Å². The molecular weight excluding hydrogens is 240 g/mol. The summed E-state index contributed by atoms with van der Waals surface area (Å²) in [6.07, 6.45) is 0.934. The first kappa shape index (κ1) is 13.3. The van der Waals surface area contributed by atoms with E-state index in [1.807, 2.05) is 32.5 Å². The number of aryl methyl sites for hydroxylation is 3. The van der Waals surface area contributed by atoms with Gasteiger partial charge in [-0.1, -0.05) is 6.92 Å². The fraction of sp³-hybridized carbons (Fsp3) is 0.462. The number of hydrogen-bond donors (Lipinski definition) is 2. The maximum absolute atomic E-state index is 7.74. The van der Waals surface area contributed by atoms with Gasteiger partial charge in [-0.05, 0) is 32.8 Å². The van der Waals surface area contributed by atoms with Gasteiger partial charge in [0.25, 0.3) is 0 Å². The molecule has 0 spiro atoms. The standard InChI is InChI=1S/C13H20N6/c1-6-10-7(2)17-19(9(10)4)13-11(12(14)15)8(3)16-18(13)5/h6H2,1-5H3,(H3,14,15). The van der Waals surface area contributed by atoms with Gasteiger partial charge in [-0.2, -0.15) is 10.2 Å². The molecule has 0 aliphatic rings. The number of hydrogen-bond acceptors (Lipinski definition) is 3. The molecule has 0 saturated carbocycles. The van der Waals surface area contributed by atoms with E-state index >= 15 is 0 Å². The zero-order valence-electron chi connectivity index (χ0n) is 12.1. The van der Waals surface area contributed by atoms with Gasteiger partial charge in [-0.3, -0.25) is 10.1 Å². The molecule has 0 aromatic carbocycles. The van der Waals surface area contributed by atoms with Crippen molar-refractivity contribution in [3.05, 3.63) is 28.2 Å². The minimum atomic E-state index is 0.0196. The average molecular weight is 260 g/mol. The normalized spacial score (nSPS) is 11.0. The van der Waals surface area contributed by atoms with Crippen molar-refractivity contribution >= 4 is 5.84 Å². The van der Waals surface area contributed by atoms with Crippen LogP contribution in [0, 0.1) is 26.2 Å². The Morgan fingerprint density at radius 2 is 1.84 bits per heavy atom. The zero-order chi connectivity index (χ0) is 14.3. The number of nitrogens with two attached hydrogens (primary N) is 1. The lowest BCUT2D eigenvalue weighted by atomic mass is 10.1. The van der Waals surface area contributed by atoms with E-state index in [4.69, 9.17) is 11.1 Å². The molecule has 6 nitrogen and oxygen atoms in total. The van der Waals surface area contributed by atoms with Crippen LogP contribution < -0.4 is 5.73 Å². The number of nitrogens with one attached hydrogen (secondary N) is 1. The van der Waals surface area contributed by atoms with Crippen molar-refractivity contribution in [3.63, 3.8) is 0 Å². The largest absolute Gasteiger partial charge is 0.384 e. The van der Waals surface area contributed by atoms with Crippen LogP contribution in [0.3, 0.4) is 0 Å². The summed E-state index contributed by atoms with van der Waals surface area (Å²) in [5, 5.41) is 16.7. The second kappa shape index (κ2) is 4.53. The Balaban J connectivity index is 2.76. The fourth-order valence-corrected chi connectivity index (χ4v) is 2.60. The Kier molecular flexibility index (Phi) is 3.18. The monoisotopic (exact) mass is 260 g/mol. The molecule has 102 valence electrons. The lowest BCUT2D eigenvalue weighted by Gasteiger charge is -2.08. The number of rotatable bonds is 3. The molecule has 2 aromatic heterocycles. The van der Waals surface area contributed by atoms with E-state index in [9.17, 15) is 0 Å². The molecule has 0 amide bonds. The van der Waals surface area contributed by atoms with Crippen molar-refractivity contribution < 1.29 is 0 Å². The van der Waals surface area contributed by atoms with Gasteiger partial charge in [-0.25, -0.2) is 4.68 Å². The topological polar surface area (TPSA) is 85.5 Å². The number of nitrogen functional groups attached to an aromatic ring is 1. The predicted octanol–water partition coefficient (Wildman–Crippen LogP) is 1.38. The lowest BCUT2D eigenvalue weighted by Crippen LogP contribution is -2.17. The van der Waals surface area contributed by atoms with Gasteiger partial charge < -0.3 is 5.73 Å². The highest BCUT2D eigenvalue weighted by atomic mass is 15.4. The minimum absolute atomic E-state index is 0.0196. The van der Waals surface area contributed by atoms with Crippen LogP contribution >= 0.6 is 0 Å². The summed E-state index contributed by atoms with van der Waals surface area (Å²) in [6, 6.07) is 0. The summed E-state index contributed by atoms with van der Waals surface area (Å²) in [7, 11) is 1.84. The van der Waals surface area contributed by atoms with Crippen LogP contribution in [0.5, 0.6) is 0 Å². The second-order valence-corrected chi connectivity index (χ2v) is 4.74. The Morgan fingerprint density at radius 1 is 1.21 bits per heavy atom. The van der Waals surface area contributed by atoms with Gasteiger partial charge in [0.05, 0.1) is 17.0 Å². The van der Waals surface area contributed by atoms with E-state index in [1.165, 1.54) is 5.56 Å². The minimum Gasteiger partial charge on any atom is -0.384 e. The molecule has 0 saturated heterocycles. The quantitative estimate of drug-likeness (QED) is 0.645. The van der Waals surface area contributed by atoms with Crippen molar-refractivity contribution in [1.82, 2.24) is 19.6 Å². The van der Waals surface area contributed by atoms with Crippen LogP contribution in [0.15, 0.2) is 0 Å². The molecule has 0 bridgehead atoms. The highest BCUT2D eigenvalue weighted by molar-refractivity contribution is 5.99. The maximum atomic E-state index is 7.74. The van der Waals surface area contributed by atoms with Crippen LogP contribution in [0.2, 0.25) is 0 Å². The number of nitrogens with zero attached hydrogens (tertiary/aromatic N) is 4. The summed E-state index contributed by atoms with van der Waals surface area (Å²) in [5.41, 5.74) is 10.4. The summed E-state index contributed by atoms with van der Waals surface area (Å²) in [5.74, 6) is 0.775. The van der Waals surface area contributed by atoms with Crippen molar-refractivity contribution in [2.75, 3.05) is 0 Å². The molecule has 2 rings (SSSR count). The molecule has 3 N–H and O–H groups in total. The van der Waals surface area contributed by atoms with E-state index in [0.29, 0.717) is 5.56 Å². The summed E-state index contributed by atoms with van der Waals surface area (Å²) in [4.78, 5) is 0. The molecule has 2 heterocycles. The Bertz CT molecular complexity index is 647. The first-order chi connectivity index (χ1) is 8.88. The number of amidine groups is 1. The van der Waals surface area contributed by atoms with Gasteiger partial charge in [0.15, 0.2) is 5.82 Å². The molecule has 0 fully saturated rings. The van der Waals surface area contributed by atoms with E-state index < -0.39 is 0 Å². The second-order valence-electron chi connectivity index (χ2n) is 4.74. The van der Waals surface area contributed by atoms with Crippen molar-refractivity contribution in [3.8, 4) is 5.82 Å². The van der Waals surface area contributed by atoms with Crippen LogP contribution in [0.4, 0.5) is 0 Å². The Labute approximate surface area is 112 Å². The Morgan fingerprint density at radius 3 is 2.32 bits per heavy atom. The van der Waals surface area contributed by atoms with E-state index in [2.05, 4.69) is 17.1 Å². The van der Waals surface area contributed by atoms with Gasteiger partial charge >= 0.3 is 0 Å². The average Bonchev–Trinajstić information content (AvgIpc) is 2.75. The molecule has 6 heteroatoms. The van der Waals surface area contributed by atoms with Crippen molar-refractivity contribution in [2.45, 2.75) is 34.1 Å². The lowest BCUT2D eigenvalue weighted by molar-refractivity contribution is 0.681.